The van der Waals surface area contributed by atoms with Gasteiger partial charge in [0.15, 0.2) is 5.13 Å². The van der Waals surface area contributed by atoms with Crippen LogP contribution in [0.15, 0.2) is 22.8 Å². The second-order valence-electron chi connectivity index (χ2n) is 3.99. The third-order valence-corrected chi connectivity index (χ3v) is 3.84. The highest BCUT2D eigenvalue weighted by molar-refractivity contribution is 7.18. The Kier molecular flexibility index (Phi) is 4.06. The molecule has 0 atom stereocenters. The van der Waals surface area contributed by atoms with Gasteiger partial charge in [0.25, 0.3) is 5.91 Å². The average Bonchev–Trinajstić information content (AvgIpc) is 3.04. The molecule has 2 aromatic heterocycles. The number of amides is 1. The molecule has 19 heavy (non-hydrogen) atoms. The largest absolute Gasteiger partial charge is 0.467 e. The van der Waals surface area contributed by atoms with Crippen molar-refractivity contribution in [2.45, 2.75) is 13.5 Å². The molecule has 2 aromatic rings. The van der Waals surface area contributed by atoms with Crippen molar-refractivity contribution in [2.24, 2.45) is 0 Å². The lowest BCUT2D eigenvalue weighted by Gasteiger charge is -2.10. The highest BCUT2D eigenvalue weighted by Crippen LogP contribution is 2.27. The van der Waals surface area contributed by atoms with Crippen LogP contribution in [0.3, 0.4) is 0 Å². The number of carbonyl (C=O) groups excluding carboxylic acids is 1. The van der Waals surface area contributed by atoms with Gasteiger partial charge in [-0.05, 0) is 19.1 Å². The molecule has 102 valence electrons. The zero-order chi connectivity index (χ0) is 13.8. The maximum Gasteiger partial charge on any atom is 0.265 e. The number of rotatable bonds is 5. The second kappa shape index (κ2) is 5.75. The van der Waals surface area contributed by atoms with Gasteiger partial charge in [0.05, 0.1) is 12.8 Å². The fourth-order valence-electron chi connectivity index (χ4n) is 1.44. The predicted octanol–water partition coefficient (Wildman–Crippen LogP) is 1.70. The number of thiazole rings is 1. The van der Waals surface area contributed by atoms with Crippen LogP contribution in [-0.2, 0) is 6.54 Å². The maximum absolute atomic E-state index is 12.0. The molecule has 0 radical (unpaired) electrons. The van der Waals surface area contributed by atoms with Crippen molar-refractivity contribution in [3.8, 4) is 0 Å². The molecule has 0 saturated heterocycles. The first kappa shape index (κ1) is 13.4. The van der Waals surface area contributed by atoms with Gasteiger partial charge < -0.3 is 20.4 Å². The van der Waals surface area contributed by atoms with E-state index in [0.717, 1.165) is 11.7 Å². The van der Waals surface area contributed by atoms with Gasteiger partial charge in [-0.3, -0.25) is 4.79 Å². The Bertz CT molecular complexity index is 550. The molecule has 0 aromatic carbocycles. The molecular weight excluding hydrogens is 264 g/mol. The first-order valence-electron chi connectivity index (χ1n) is 5.89. The zero-order valence-corrected chi connectivity index (χ0v) is 11.7. The van der Waals surface area contributed by atoms with E-state index < -0.39 is 0 Å². The van der Waals surface area contributed by atoms with E-state index in [0.29, 0.717) is 17.2 Å². The van der Waals surface area contributed by atoms with Gasteiger partial charge in [-0.2, -0.15) is 0 Å². The highest BCUT2D eigenvalue weighted by Gasteiger charge is 2.17. The van der Waals surface area contributed by atoms with E-state index in [2.05, 4.69) is 10.3 Å². The van der Waals surface area contributed by atoms with Crippen LogP contribution < -0.4 is 16.0 Å². The van der Waals surface area contributed by atoms with Crippen molar-refractivity contribution in [1.82, 2.24) is 10.3 Å². The van der Waals surface area contributed by atoms with Crippen molar-refractivity contribution in [2.75, 3.05) is 24.2 Å². The van der Waals surface area contributed by atoms with Crippen LogP contribution in [0.2, 0.25) is 0 Å². The monoisotopic (exact) mass is 280 g/mol. The van der Waals surface area contributed by atoms with Gasteiger partial charge in [0.1, 0.15) is 16.5 Å². The summed E-state index contributed by atoms with van der Waals surface area (Å²) in [4.78, 5) is 18.6. The number of furan rings is 1. The van der Waals surface area contributed by atoms with Crippen LogP contribution >= 0.6 is 11.3 Å². The van der Waals surface area contributed by atoms with Crippen molar-refractivity contribution < 1.29 is 9.21 Å². The summed E-state index contributed by atoms with van der Waals surface area (Å²) in [5.74, 6) is 0.724. The van der Waals surface area contributed by atoms with Crippen LogP contribution in [0.4, 0.5) is 10.9 Å². The predicted molar refractivity (Wildman–Crippen MR) is 75.3 cm³/mol. The molecule has 0 spiro atoms. The summed E-state index contributed by atoms with van der Waals surface area (Å²) < 4.78 is 5.14. The van der Waals surface area contributed by atoms with Gasteiger partial charge >= 0.3 is 0 Å². The van der Waals surface area contributed by atoms with Crippen molar-refractivity contribution in [3.63, 3.8) is 0 Å². The van der Waals surface area contributed by atoms with E-state index in [9.17, 15) is 4.79 Å². The van der Waals surface area contributed by atoms with E-state index in [4.69, 9.17) is 10.2 Å². The Labute approximate surface area is 115 Å². The Morgan fingerprint density at radius 2 is 2.42 bits per heavy atom. The molecule has 6 nitrogen and oxygen atoms in total. The number of carbonyl (C=O) groups is 1. The number of nitrogens with two attached hydrogens (primary N) is 1. The SMILES string of the molecule is CCN(C)c1nc(N)c(C(=O)NCc2ccco2)s1. The third-order valence-electron chi connectivity index (χ3n) is 2.65. The van der Waals surface area contributed by atoms with E-state index in [1.807, 2.05) is 18.9 Å². The molecule has 7 heteroatoms. The van der Waals surface area contributed by atoms with Crippen LogP contribution in [0.25, 0.3) is 0 Å². The third kappa shape index (κ3) is 3.05. The van der Waals surface area contributed by atoms with Crippen LogP contribution in [0.5, 0.6) is 0 Å². The van der Waals surface area contributed by atoms with Crippen LogP contribution in [0, 0.1) is 0 Å². The smallest absolute Gasteiger partial charge is 0.265 e. The molecule has 0 unspecified atom stereocenters. The van der Waals surface area contributed by atoms with Crippen molar-refractivity contribution in [3.05, 3.63) is 29.0 Å². The summed E-state index contributed by atoms with van der Waals surface area (Å²) in [6, 6.07) is 3.57. The normalized spacial score (nSPS) is 10.4. The molecule has 0 bridgehead atoms. The quantitative estimate of drug-likeness (QED) is 0.871. The Hall–Kier alpha value is -2.02. The lowest BCUT2D eigenvalue weighted by atomic mass is 10.4. The standard InChI is InChI=1S/C12H16N4O2S/c1-3-16(2)12-15-10(13)9(19-12)11(17)14-7-8-5-4-6-18-8/h4-6H,3,7,13H2,1-2H3,(H,14,17). The van der Waals surface area contributed by atoms with Gasteiger partial charge in [-0.15, -0.1) is 0 Å². The van der Waals surface area contributed by atoms with Gasteiger partial charge in [-0.25, -0.2) is 4.98 Å². The molecule has 0 aliphatic heterocycles. The fraction of sp³-hybridized carbons (Fsp3) is 0.333. The Morgan fingerprint density at radius 3 is 3.05 bits per heavy atom. The summed E-state index contributed by atoms with van der Waals surface area (Å²) >= 11 is 1.28. The first-order chi connectivity index (χ1) is 9.11. The van der Waals surface area contributed by atoms with Gasteiger partial charge in [-0.1, -0.05) is 11.3 Å². The minimum atomic E-state index is -0.234. The topological polar surface area (TPSA) is 84.4 Å². The summed E-state index contributed by atoms with van der Waals surface area (Å²) in [7, 11) is 1.91. The van der Waals surface area contributed by atoms with E-state index in [1.165, 1.54) is 11.3 Å². The Morgan fingerprint density at radius 1 is 1.63 bits per heavy atom. The number of hydrogen-bond acceptors (Lipinski definition) is 6. The van der Waals surface area contributed by atoms with E-state index >= 15 is 0 Å². The first-order valence-corrected chi connectivity index (χ1v) is 6.71. The molecule has 0 aliphatic carbocycles. The Balaban J connectivity index is 2.04. The summed E-state index contributed by atoms with van der Waals surface area (Å²) in [5.41, 5.74) is 5.77. The second-order valence-corrected chi connectivity index (χ2v) is 4.96. The fourth-order valence-corrected chi connectivity index (χ4v) is 2.37. The van der Waals surface area contributed by atoms with E-state index in [1.54, 1.807) is 18.4 Å². The van der Waals surface area contributed by atoms with E-state index in [-0.39, 0.29) is 11.7 Å². The molecule has 0 aliphatic rings. The zero-order valence-electron chi connectivity index (χ0n) is 10.8. The number of anilines is 2. The number of hydrogen-bond donors (Lipinski definition) is 2. The summed E-state index contributed by atoms with van der Waals surface area (Å²) in [6.45, 7) is 3.15. The number of nitrogens with one attached hydrogen (secondary N) is 1. The van der Waals surface area contributed by atoms with Crippen molar-refractivity contribution >= 4 is 28.2 Å². The minimum absolute atomic E-state index is 0.234. The number of aromatic nitrogens is 1. The molecule has 3 N–H and O–H groups in total. The highest BCUT2D eigenvalue weighted by atomic mass is 32.1. The average molecular weight is 280 g/mol. The molecule has 2 rings (SSSR count). The van der Waals surface area contributed by atoms with Crippen molar-refractivity contribution in [1.29, 1.82) is 0 Å². The number of nitrogen functional groups attached to an aromatic ring is 1. The molecule has 2 heterocycles. The molecular formula is C12H16N4O2S. The lowest BCUT2D eigenvalue weighted by molar-refractivity contribution is 0.0953. The van der Waals surface area contributed by atoms with Gasteiger partial charge in [0.2, 0.25) is 0 Å². The minimum Gasteiger partial charge on any atom is -0.467 e. The lowest BCUT2D eigenvalue weighted by Crippen LogP contribution is -2.22. The molecule has 0 saturated carbocycles. The number of nitrogens with zero attached hydrogens (tertiary/aromatic N) is 2. The van der Waals surface area contributed by atoms with Gasteiger partial charge in [0, 0.05) is 13.6 Å². The summed E-state index contributed by atoms with van der Waals surface area (Å²) in [6.07, 6.45) is 1.57. The maximum atomic E-state index is 12.0. The van der Waals surface area contributed by atoms with Crippen LogP contribution in [-0.4, -0.2) is 24.5 Å². The summed E-state index contributed by atoms with van der Waals surface area (Å²) in [5, 5.41) is 3.49. The molecule has 0 fully saturated rings. The van der Waals surface area contributed by atoms with Crippen LogP contribution in [0.1, 0.15) is 22.4 Å². The molecule has 1 amide bonds.